The summed E-state index contributed by atoms with van der Waals surface area (Å²) < 4.78 is 10.5. The van der Waals surface area contributed by atoms with E-state index in [4.69, 9.17) is 9.47 Å². The second-order valence-corrected chi connectivity index (χ2v) is 8.32. The van der Waals surface area contributed by atoms with Gasteiger partial charge in [-0.05, 0) is 48.9 Å². The molecule has 0 N–H and O–H groups in total. The third kappa shape index (κ3) is 2.24. The smallest absolute Gasteiger partial charge is 0.311 e. The fourth-order valence-corrected chi connectivity index (χ4v) is 6.30. The summed E-state index contributed by atoms with van der Waals surface area (Å²) in [7, 11) is 3.04. The number of ketones is 1. The van der Waals surface area contributed by atoms with Gasteiger partial charge in [0.15, 0.2) is 5.78 Å². The van der Waals surface area contributed by atoms with Gasteiger partial charge in [0, 0.05) is 11.5 Å². The number of esters is 1. The van der Waals surface area contributed by atoms with E-state index in [1.54, 1.807) is 7.11 Å². The highest BCUT2D eigenvalue weighted by atomic mass is 79.9. The van der Waals surface area contributed by atoms with Gasteiger partial charge < -0.3 is 9.47 Å². The Morgan fingerprint density at radius 1 is 1.25 bits per heavy atom. The number of carbonyl (C=O) groups is 2. The van der Waals surface area contributed by atoms with Crippen molar-refractivity contribution in [3.05, 3.63) is 29.3 Å². The SMILES string of the molecule is COC(=O)[C@]1(C)CCC[C@@]2(C)c3cc(OC)ccc3C(=O)[C@H](Br)[C@H]12. The van der Waals surface area contributed by atoms with Crippen molar-refractivity contribution in [3.63, 3.8) is 0 Å². The van der Waals surface area contributed by atoms with Crippen LogP contribution in [0.2, 0.25) is 0 Å². The van der Waals surface area contributed by atoms with E-state index in [1.807, 2.05) is 25.1 Å². The van der Waals surface area contributed by atoms with Crippen LogP contribution in [0.4, 0.5) is 0 Å². The normalized spacial score (nSPS) is 35.0. The highest BCUT2D eigenvalue weighted by Crippen LogP contribution is 2.59. The molecule has 130 valence electrons. The van der Waals surface area contributed by atoms with Crippen LogP contribution in [0.3, 0.4) is 0 Å². The molecule has 0 aliphatic heterocycles. The van der Waals surface area contributed by atoms with Gasteiger partial charge in [-0.2, -0.15) is 0 Å². The number of hydrogen-bond acceptors (Lipinski definition) is 4. The van der Waals surface area contributed by atoms with E-state index in [1.165, 1.54) is 7.11 Å². The molecule has 24 heavy (non-hydrogen) atoms. The van der Waals surface area contributed by atoms with Gasteiger partial charge in [0.25, 0.3) is 0 Å². The zero-order valence-electron chi connectivity index (χ0n) is 14.5. The number of methoxy groups -OCH3 is 2. The zero-order valence-corrected chi connectivity index (χ0v) is 16.1. The topological polar surface area (TPSA) is 52.6 Å². The molecule has 0 spiro atoms. The van der Waals surface area contributed by atoms with Crippen molar-refractivity contribution in [1.29, 1.82) is 0 Å². The molecule has 5 heteroatoms. The largest absolute Gasteiger partial charge is 0.497 e. The number of alkyl halides is 1. The van der Waals surface area contributed by atoms with Crippen LogP contribution in [-0.2, 0) is 14.9 Å². The van der Waals surface area contributed by atoms with Crippen LogP contribution in [0.25, 0.3) is 0 Å². The molecule has 1 fully saturated rings. The van der Waals surface area contributed by atoms with Gasteiger partial charge in [-0.15, -0.1) is 0 Å². The molecule has 2 aliphatic rings. The van der Waals surface area contributed by atoms with Crippen molar-refractivity contribution in [1.82, 2.24) is 0 Å². The maximum atomic E-state index is 13.0. The number of rotatable bonds is 2. The molecule has 1 aromatic carbocycles. The van der Waals surface area contributed by atoms with Gasteiger partial charge in [-0.1, -0.05) is 29.3 Å². The van der Waals surface area contributed by atoms with E-state index >= 15 is 0 Å². The number of fused-ring (bicyclic) bond motifs is 3. The van der Waals surface area contributed by atoms with E-state index in [9.17, 15) is 9.59 Å². The summed E-state index contributed by atoms with van der Waals surface area (Å²) in [4.78, 5) is 25.2. The van der Waals surface area contributed by atoms with Gasteiger partial charge in [-0.3, -0.25) is 9.59 Å². The molecule has 4 nitrogen and oxygen atoms in total. The summed E-state index contributed by atoms with van der Waals surface area (Å²) in [5, 5.41) is 0. The van der Waals surface area contributed by atoms with Crippen molar-refractivity contribution in [2.45, 2.75) is 43.4 Å². The molecule has 0 unspecified atom stereocenters. The highest BCUT2D eigenvalue weighted by Gasteiger charge is 2.60. The predicted molar refractivity (Wildman–Crippen MR) is 94.9 cm³/mol. The Kier molecular flexibility index (Phi) is 4.27. The number of carbonyl (C=O) groups excluding carboxylic acids is 2. The Hall–Kier alpha value is -1.36. The van der Waals surface area contributed by atoms with Gasteiger partial charge in [0.1, 0.15) is 5.75 Å². The lowest BCUT2D eigenvalue weighted by Gasteiger charge is -2.55. The summed E-state index contributed by atoms with van der Waals surface area (Å²) >= 11 is 3.62. The van der Waals surface area contributed by atoms with Crippen LogP contribution < -0.4 is 4.74 Å². The van der Waals surface area contributed by atoms with Gasteiger partial charge in [0.05, 0.1) is 24.5 Å². The monoisotopic (exact) mass is 394 g/mol. The lowest BCUT2D eigenvalue weighted by atomic mass is 9.49. The molecular weight excluding hydrogens is 372 g/mol. The van der Waals surface area contributed by atoms with E-state index in [-0.39, 0.29) is 23.1 Å². The first kappa shape index (κ1) is 17.5. The lowest BCUT2D eigenvalue weighted by Crippen LogP contribution is -2.58. The summed E-state index contributed by atoms with van der Waals surface area (Å²) in [6.07, 6.45) is 2.58. The fourth-order valence-electron chi connectivity index (χ4n) is 4.88. The standard InChI is InChI=1S/C19H23BrO4/c1-18-8-5-9-19(2,17(22)24-4)16(18)14(20)15(21)12-7-6-11(23-3)10-13(12)18/h6-7,10,14,16H,5,8-9H2,1-4H3/t14-,16-,18-,19+/m0/s1. The quantitative estimate of drug-likeness (QED) is 0.563. The number of hydrogen-bond donors (Lipinski definition) is 0. The van der Waals surface area contributed by atoms with Crippen LogP contribution in [0.1, 0.15) is 49.0 Å². The fraction of sp³-hybridized carbons (Fsp3) is 0.579. The number of ether oxygens (including phenoxy) is 2. The minimum atomic E-state index is -0.688. The maximum absolute atomic E-state index is 13.0. The molecule has 1 saturated carbocycles. The van der Waals surface area contributed by atoms with Crippen LogP contribution in [0, 0.1) is 11.3 Å². The van der Waals surface area contributed by atoms with Crippen molar-refractivity contribution in [2.75, 3.05) is 14.2 Å². The average molecular weight is 395 g/mol. The Bertz CT molecular complexity index is 701. The summed E-state index contributed by atoms with van der Waals surface area (Å²) in [5.74, 6) is 0.382. The molecule has 0 heterocycles. The second kappa shape index (κ2) is 5.87. The van der Waals surface area contributed by atoms with Crippen molar-refractivity contribution < 1.29 is 19.1 Å². The maximum Gasteiger partial charge on any atom is 0.311 e. The summed E-state index contributed by atoms with van der Waals surface area (Å²) in [5.41, 5.74) is 0.743. The van der Waals surface area contributed by atoms with E-state index < -0.39 is 10.2 Å². The molecule has 0 radical (unpaired) electrons. The third-order valence-electron chi connectivity index (χ3n) is 6.07. The number of Topliss-reactive ketones (excluding diaryl/α,β-unsaturated/α-hetero) is 1. The number of benzene rings is 1. The van der Waals surface area contributed by atoms with Crippen LogP contribution in [0.5, 0.6) is 5.75 Å². The number of halogens is 1. The lowest BCUT2D eigenvalue weighted by molar-refractivity contribution is -0.160. The molecule has 0 saturated heterocycles. The Labute approximate surface area is 151 Å². The highest BCUT2D eigenvalue weighted by molar-refractivity contribution is 9.10. The Morgan fingerprint density at radius 2 is 1.96 bits per heavy atom. The van der Waals surface area contributed by atoms with E-state index in [2.05, 4.69) is 22.9 Å². The third-order valence-corrected chi connectivity index (χ3v) is 7.01. The van der Waals surface area contributed by atoms with E-state index in [0.29, 0.717) is 0 Å². The molecule has 2 aliphatic carbocycles. The van der Waals surface area contributed by atoms with E-state index in [0.717, 1.165) is 36.1 Å². The summed E-state index contributed by atoms with van der Waals surface area (Å²) in [6, 6.07) is 5.63. The van der Waals surface area contributed by atoms with Crippen LogP contribution in [-0.4, -0.2) is 30.8 Å². The van der Waals surface area contributed by atoms with Crippen molar-refractivity contribution in [2.24, 2.45) is 11.3 Å². The second-order valence-electron chi connectivity index (χ2n) is 7.34. The molecule has 0 bridgehead atoms. The van der Waals surface area contributed by atoms with Gasteiger partial charge >= 0.3 is 5.97 Å². The average Bonchev–Trinajstić information content (AvgIpc) is 2.58. The zero-order chi connectivity index (χ0) is 17.7. The predicted octanol–water partition coefficient (Wildman–Crippen LogP) is 3.89. The first-order valence-electron chi connectivity index (χ1n) is 8.25. The first-order valence-corrected chi connectivity index (χ1v) is 9.16. The summed E-state index contributed by atoms with van der Waals surface area (Å²) in [6.45, 7) is 4.10. The molecular formula is C19H23BrO4. The molecule has 0 amide bonds. The van der Waals surface area contributed by atoms with Gasteiger partial charge in [0.2, 0.25) is 0 Å². The first-order chi connectivity index (χ1) is 11.3. The minimum Gasteiger partial charge on any atom is -0.497 e. The molecule has 4 atom stereocenters. The Morgan fingerprint density at radius 3 is 2.58 bits per heavy atom. The van der Waals surface area contributed by atoms with Crippen LogP contribution in [0.15, 0.2) is 18.2 Å². The van der Waals surface area contributed by atoms with Crippen LogP contribution >= 0.6 is 15.9 Å². The Balaban J connectivity index is 2.23. The molecule has 1 aromatic rings. The minimum absolute atomic E-state index is 0.0344. The van der Waals surface area contributed by atoms with Crippen molar-refractivity contribution >= 4 is 27.7 Å². The molecule has 3 rings (SSSR count). The van der Waals surface area contributed by atoms with Crippen molar-refractivity contribution in [3.8, 4) is 5.75 Å². The molecule has 0 aromatic heterocycles. The van der Waals surface area contributed by atoms with Gasteiger partial charge in [-0.25, -0.2) is 0 Å².